The summed E-state index contributed by atoms with van der Waals surface area (Å²) in [6, 6.07) is 11.8. The Morgan fingerprint density at radius 2 is 1.63 bits per heavy atom. The van der Waals surface area contributed by atoms with Crippen LogP contribution in [0.15, 0.2) is 48.5 Å². The number of methoxy groups -OCH3 is 1. The topological polar surface area (TPSA) is 117 Å². The molecule has 2 rings (SSSR count). The molecule has 0 fully saturated rings. The van der Waals surface area contributed by atoms with E-state index >= 15 is 0 Å². The van der Waals surface area contributed by atoms with Crippen molar-refractivity contribution >= 4 is 23.6 Å². The zero-order valence-corrected chi connectivity index (χ0v) is 21.1. The molecule has 2 aromatic rings. The van der Waals surface area contributed by atoms with Crippen LogP contribution in [0.5, 0.6) is 5.75 Å². The minimum atomic E-state index is -1.29. The number of amides is 3. The van der Waals surface area contributed by atoms with Crippen molar-refractivity contribution < 1.29 is 29.0 Å². The molecule has 0 saturated heterocycles. The second-order valence-corrected chi connectivity index (χ2v) is 9.05. The van der Waals surface area contributed by atoms with Gasteiger partial charge in [-0.1, -0.05) is 31.2 Å². The third kappa shape index (κ3) is 7.99. The van der Waals surface area contributed by atoms with Gasteiger partial charge in [-0.05, 0) is 62.6 Å². The van der Waals surface area contributed by atoms with Crippen molar-refractivity contribution in [3.8, 4) is 5.75 Å². The molecular weight excluding hydrogens is 450 g/mol. The lowest BCUT2D eigenvalue weighted by atomic mass is 10.0. The summed E-state index contributed by atoms with van der Waals surface area (Å²) in [5.41, 5.74) is 1.41. The van der Waals surface area contributed by atoms with Crippen LogP contribution in [-0.2, 0) is 20.7 Å². The highest BCUT2D eigenvalue weighted by Gasteiger charge is 2.34. The van der Waals surface area contributed by atoms with Crippen LogP contribution in [0.4, 0.5) is 10.5 Å². The highest BCUT2D eigenvalue weighted by atomic mass is 16.6. The lowest BCUT2D eigenvalue weighted by Gasteiger charge is -2.31. The standard InChI is InChI=1S/C26H35N3O6/c1-7-17-8-10-18(11-9-17)22(23(31)27-19-12-14-20(34-6)15-13-19)29(5)24(32)21(16-30)28-25(33)35-26(2,3)4/h8-15,21-22,30H,7,16H2,1-6H3,(H,27,31)(H,28,33). The number of likely N-dealkylation sites (N-methyl/N-ethyl adjacent to an activating group) is 1. The Morgan fingerprint density at radius 1 is 1.03 bits per heavy atom. The molecule has 0 bridgehead atoms. The summed E-state index contributed by atoms with van der Waals surface area (Å²) in [7, 11) is 3.00. The normalized spacial score (nSPS) is 12.8. The number of anilines is 1. The largest absolute Gasteiger partial charge is 0.497 e. The summed E-state index contributed by atoms with van der Waals surface area (Å²) in [6.45, 7) is 6.42. The van der Waals surface area contributed by atoms with Crippen LogP contribution in [0.2, 0.25) is 0 Å². The summed E-state index contributed by atoms with van der Waals surface area (Å²) < 4.78 is 10.3. The van der Waals surface area contributed by atoms with E-state index in [1.807, 2.05) is 19.1 Å². The average Bonchev–Trinajstić information content (AvgIpc) is 2.82. The lowest BCUT2D eigenvalue weighted by molar-refractivity contribution is -0.139. The summed E-state index contributed by atoms with van der Waals surface area (Å²) >= 11 is 0. The van der Waals surface area contributed by atoms with Crippen molar-refractivity contribution in [2.24, 2.45) is 0 Å². The lowest BCUT2D eigenvalue weighted by Crippen LogP contribution is -2.52. The van der Waals surface area contributed by atoms with Gasteiger partial charge >= 0.3 is 6.09 Å². The van der Waals surface area contributed by atoms with Crippen LogP contribution in [0.3, 0.4) is 0 Å². The number of alkyl carbamates (subject to hydrolysis) is 1. The number of carbonyl (C=O) groups is 3. The van der Waals surface area contributed by atoms with Gasteiger partial charge in [-0.15, -0.1) is 0 Å². The van der Waals surface area contributed by atoms with Crippen LogP contribution in [-0.4, -0.2) is 60.3 Å². The van der Waals surface area contributed by atoms with E-state index in [4.69, 9.17) is 9.47 Å². The van der Waals surface area contributed by atoms with E-state index in [2.05, 4.69) is 10.6 Å². The number of hydrogen-bond donors (Lipinski definition) is 3. The van der Waals surface area contributed by atoms with Gasteiger partial charge in [0.1, 0.15) is 23.4 Å². The van der Waals surface area contributed by atoms with E-state index in [1.54, 1.807) is 64.3 Å². The van der Waals surface area contributed by atoms with Gasteiger partial charge in [0.25, 0.3) is 5.91 Å². The maximum absolute atomic E-state index is 13.4. The van der Waals surface area contributed by atoms with Crippen LogP contribution < -0.4 is 15.4 Å². The number of carbonyl (C=O) groups excluding carboxylic acids is 3. The van der Waals surface area contributed by atoms with Gasteiger partial charge in [-0.25, -0.2) is 4.79 Å². The molecule has 0 aliphatic rings. The summed E-state index contributed by atoms with van der Waals surface area (Å²) in [5.74, 6) is -0.460. The number of ether oxygens (including phenoxy) is 2. The Hall–Kier alpha value is -3.59. The van der Waals surface area contributed by atoms with E-state index in [9.17, 15) is 19.5 Å². The molecule has 3 amide bonds. The van der Waals surface area contributed by atoms with E-state index in [0.29, 0.717) is 17.0 Å². The van der Waals surface area contributed by atoms with Gasteiger partial charge in [0.15, 0.2) is 0 Å². The molecule has 0 aliphatic heterocycles. The second kappa shape index (κ2) is 12.2. The molecule has 9 nitrogen and oxygen atoms in total. The molecule has 35 heavy (non-hydrogen) atoms. The molecule has 2 unspecified atom stereocenters. The van der Waals surface area contributed by atoms with Crippen molar-refractivity contribution in [2.45, 2.75) is 51.8 Å². The quantitative estimate of drug-likeness (QED) is 0.502. The molecular formula is C26H35N3O6. The third-order valence-corrected chi connectivity index (χ3v) is 5.22. The first-order valence-electron chi connectivity index (χ1n) is 11.4. The summed E-state index contributed by atoms with van der Waals surface area (Å²) in [6.07, 6.45) is -0.0192. The number of nitrogens with zero attached hydrogens (tertiary/aromatic N) is 1. The van der Waals surface area contributed by atoms with Crippen molar-refractivity contribution in [3.05, 3.63) is 59.7 Å². The smallest absolute Gasteiger partial charge is 0.408 e. The monoisotopic (exact) mass is 485 g/mol. The van der Waals surface area contributed by atoms with Crippen LogP contribution in [0.1, 0.15) is 44.9 Å². The predicted octanol–water partition coefficient (Wildman–Crippen LogP) is 3.28. The zero-order chi connectivity index (χ0) is 26.2. The summed E-state index contributed by atoms with van der Waals surface area (Å²) in [4.78, 5) is 40.0. The van der Waals surface area contributed by atoms with Gasteiger partial charge in [0.05, 0.1) is 13.7 Å². The highest BCUT2D eigenvalue weighted by molar-refractivity contribution is 5.99. The number of aliphatic hydroxyl groups excluding tert-OH is 1. The number of aliphatic hydroxyl groups is 1. The maximum Gasteiger partial charge on any atom is 0.408 e. The Kier molecular flexibility index (Phi) is 9.65. The van der Waals surface area contributed by atoms with E-state index in [0.717, 1.165) is 12.0 Å². The minimum absolute atomic E-state index is 0.454. The Balaban J connectivity index is 2.31. The Labute approximate surface area is 206 Å². The Bertz CT molecular complexity index is 999. The third-order valence-electron chi connectivity index (χ3n) is 5.22. The molecule has 0 spiro atoms. The van der Waals surface area contributed by atoms with Gasteiger partial charge in [-0.2, -0.15) is 0 Å². The number of nitrogens with one attached hydrogen (secondary N) is 2. The minimum Gasteiger partial charge on any atom is -0.497 e. The number of hydrogen-bond acceptors (Lipinski definition) is 6. The van der Waals surface area contributed by atoms with Crippen molar-refractivity contribution in [3.63, 3.8) is 0 Å². The van der Waals surface area contributed by atoms with Crippen LogP contribution in [0.25, 0.3) is 0 Å². The van der Waals surface area contributed by atoms with Gasteiger partial charge in [0, 0.05) is 12.7 Å². The fourth-order valence-electron chi connectivity index (χ4n) is 3.38. The van der Waals surface area contributed by atoms with E-state index in [-0.39, 0.29) is 0 Å². The van der Waals surface area contributed by atoms with Gasteiger partial charge in [0.2, 0.25) is 5.91 Å². The average molecular weight is 486 g/mol. The molecule has 2 atom stereocenters. The van der Waals surface area contributed by atoms with Gasteiger partial charge < -0.3 is 30.1 Å². The number of rotatable bonds is 9. The first-order valence-corrected chi connectivity index (χ1v) is 11.4. The molecule has 3 N–H and O–H groups in total. The van der Waals surface area contributed by atoms with Crippen molar-refractivity contribution in [1.82, 2.24) is 10.2 Å². The molecule has 0 aliphatic carbocycles. The number of benzene rings is 2. The molecule has 0 saturated carbocycles. The zero-order valence-electron chi connectivity index (χ0n) is 21.1. The fourth-order valence-corrected chi connectivity index (χ4v) is 3.38. The fraction of sp³-hybridized carbons (Fsp3) is 0.423. The second-order valence-electron chi connectivity index (χ2n) is 9.05. The maximum atomic E-state index is 13.4. The highest BCUT2D eigenvalue weighted by Crippen LogP contribution is 2.24. The molecule has 0 aromatic heterocycles. The molecule has 2 aromatic carbocycles. The predicted molar refractivity (Wildman–Crippen MR) is 133 cm³/mol. The first kappa shape index (κ1) is 27.7. The number of aryl methyl sites for hydroxylation is 1. The van der Waals surface area contributed by atoms with E-state index < -0.39 is 42.2 Å². The van der Waals surface area contributed by atoms with Crippen molar-refractivity contribution in [2.75, 3.05) is 26.1 Å². The van der Waals surface area contributed by atoms with Crippen molar-refractivity contribution in [1.29, 1.82) is 0 Å². The van der Waals surface area contributed by atoms with Crippen LogP contribution >= 0.6 is 0 Å². The molecule has 9 heteroatoms. The summed E-state index contributed by atoms with van der Waals surface area (Å²) in [5, 5.41) is 15.0. The molecule has 0 radical (unpaired) electrons. The SMILES string of the molecule is CCc1ccc(C(C(=O)Nc2ccc(OC)cc2)N(C)C(=O)C(CO)NC(=O)OC(C)(C)C)cc1. The molecule has 190 valence electrons. The van der Waals surface area contributed by atoms with Gasteiger partial charge in [-0.3, -0.25) is 9.59 Å². The van der Waals surface area contributed by atoms with E-state index in [1.165, 1.54) is 11.9 Å². The Morgan fingerprint density at radius 3 is 2.11 bits per heavy atom. The van der Waals surface area contributed by atoms with Crippen LogP contribution in [0, 0.1) is 0 Å². The molecule has 0 heterocycles. The first-order chi connectivity index (χ1) is 16.5.